The van der Waals surface area contributed by atoms with Crippen molar-refractivity contribution in [3.05, 3.63) is 0 Å². The van der Waals surface area contributed by atoms with Crippen LogP contribution in [0.1, 0.15) is 45.4 Å². The number of rotatable bonds is 8. The van der Waals surface area contributed by atoms with Gasteiger partial charge in [0.1, 0.15) is 6.04 Å². The molecule has 7 heteroatoms. The predicted octanol–water partition coefficient (Wildman–Crippen LogP) is -0.256. The molecule has 2 amide bonds. The molecule has 20 heavy (non-hydrogen) atoms. The van der Waals surface area contributed by atoms with Crippen LogP contribution in [0, 0.1) is 0 Å². The van der Waals surface area contributed by atoms with Crippen LogP contribution in [0.3, 0.4) is 0 Å². The molecule has 1 rings (SSSR count). The molecule has 0 saturated carbocycles. The van der Waals surface area contributed by atoms with Gasteiger partial charge in [-0.25, -0.2) is 4.79 Å². The third-order valence-electron chi connectivity index (χ3n) is 3.64. The minimum absolute atomic E-state index is 0.0125. The van der Waals surface area contributed by atoms with Gasteiger partial charge in [0, 0.05) is 6.42 Å². The van der Waals surface area contributed by atoms with E-state index < -0.39 is 23.5 Å². The predicted molar refractivity (Wildman–Crippen MR) is 72.9 cm³/mol. The Hall–Kier alpha value is -1.63. The Labute approximate surface area is 118 Å². The highest BCUT2D eigenvalue weighted by molar-refractivity contribution is 5.90. The molecule has 1 unspecified atom stereocenters. The average molecular weight is 285 g/mol. The molecule has 1 aliphatic rings. The van der Waals surface area contributed by atoms with E-state index in [0.717, 1.165) is 19.4 Å². The highest BCUT2D eigenvalue weighted by Crippen LogP contribution is 2.25. The smallest absolute Gasteiger partial charge is 0.326 e. The Bertz CT molecular complexity index is 378. The van der Waals surface area contributed by atoms with Crippen LogP contribution in [-0.2, 0) is 14.4 Å². The Morgan fingerprint density at radius 2 is 2.15 bits per heavy atom. The lowest BCUT2D eigenvalue weighted by atomic mass is 9.90. The van der Waals surface area contributed by atoms with Gasteiger partial charge in [-0.2, -0.15) is 0 Å². The Morgan fingerprint density at radius 1 is 1.45 bits per heavy atom. The summed E-state index contributed by atoms with van der Waals surface area (Å²) in [5, 5.41) is 14.8. The summed E-state index contributed by atoms with van der Waals surface area (Å²) in [6.45, 7) is 2.74. The van der Waals surface area contributed by atoms with Gasteiger partial charge in [-0.15, -0.1) is 0 Å². The van der Waals surface area contributed by atoms with E-state index in [1.165, 1.54) is 0 Å². The fourth-order valence-electron chi connectivity index (χ4n) is 2.59. The van der Waals surface area contributed by atoms with Gasteiger partial charge in [0.15, 0.2) is 0 Å². The second-order valence-electron chi connectivity index (χ2n) is 5.23. The van der Waals surface area contributed by atoms with Crippen LogP contribution in [-0.4, -0.2) is 41.0 Å². The first-order chi connectivity index (χ1) is 9.41. The van der Waals surface area contributed by atoms with Crippen LogP contribution in [0.25, 0.3) is 0 Å². The molecule has 0 radical (unpaired) electrons. The highest BCUT2D eigenvalue weighted by atomic mass is 16.4. The molecule has 1 fully saturated rings. The first-order valence-corrected chi connectivity index (χ1v) is 6.98. The molecule has 5 N–H and O–H groups in total. The van der Waals surface area contributed by atoms with E-state index in [1.807, 2.05) is 6.92 Å². The van der Waals surface area contributed by atoms with Crippen LogP contribution < -0.4 is 16.4 Å². The number of primary amides is 1. The van der Waals surface area contributed by atoms with E-state index in [9.17, 15) is 14.4 Å². The SMILES string of the molecule is CCCC1(C(=O)N[C@H](CCC(N)=O)C(=O)O)CCCN1. The zero-order chi connectivity index (χ0) is 15.2. The summed E-state index contributed by atoms with van der Waals surface area (Å²) in [5.41, 5.74) is 4.34. The summed E-state index contributed by atoms with van der Waals surface area (Å²) >= 11 is 0. The zero-order valence-electron chi connectivity index (χ0n) is 11.8. The van der Waals surface area contributed by atoms with Gasteiger partial charge in [-0.1, -0.05) is 13.3 Å². The van der Waals surface area contributed by atoms with Crippen molar-refractivity contribution in [2.45, 2.75) is 57.0 Å². The van der Waals surface area contributed by atoms with E-state index in [2.05, 4.69) is 10.6 Å². The molecule has 0 aromatic heterocycles. The molecule has 0 spiro atoms. The van der Waals surface area contributed by atoms with Gasteiger partial charge in [-0.05, 0) is 32.2 Å². The van der Waals surface area contributed by atoms with E-state index in [1.54, 1.807) is 0 Å². The minimum atomic E-state index is -1.15. The third kappa shape index (κ3) is 4.19. The first-order valence-electron chi connectivity index (χ1n) is 6.98. The number of carboxylic acids is 1. The Balaban J connectivity index is 2.68. The topological polar surface area (TPSA) is 122 Å². The lowest BCUT2D eigenvalue weighted by Crippen LogP contribution is -2.57. The monoisotopic (exact) mass is 285 g/mol. The fraction of sp³-hybridized carbons (Fsp3) is 0.769. The second-order valence-corrected chi connectivity index (χ2v) is 5.23. The molecule has 1 heterocycles. The quantitative estimate of drug-likeness (QED) is 0.489. The molecule has 0 aromatic carbocycles. The van der Waals surface area contributed by atoms with Crippen LogP contribution in [0.15, 0.2) is 0 Å². The van der Waals surface area contributed by atoms with Crippen molar-refractivity contribution in [1.29, 1.82) is 0 Å². The van der Waals surface area contributed by atoms with Crippen molar-refractivity contribution >= 4 is 17.8 Å². The van der Waals surface area contributed by atoms with Crippen LogP contribution in [0.2, 0.25) is 0 Å². The fourth-order valence-corrected chi connectivity index (χ4v) is 2.59. The van der Waals surface area contributed by atoms with E-state index >= 15 is 0 Å². The van der Waals surface area contributed by atoms with E-state index in [0.29, 0.717) is 12.8 Å². The Morgan fingerprint density at radius 3 is 2.60 bits per heavy atom. The van der Waals surface area contributed by atoms with Crippen LogP contribution in [0.4, 0.5) is 0 Å². The molecule has 7 nitrogen and oxygen atoms in total. The first kappa shape index (κ1) is 16.4. The largest absolute Gasteiger partial charge is 0.480 e. The number of carboxylic acid groups (broad SMARTS) is 1. The summed E-state index contributed by atoms with van der Waals surface area (Å²) < 4.78 is 0. The summed E-state index contributed by atoms with van der Waals surface area (Å²) in [6, 6.07) is -1.08. The van der Waals surface area contributed by atoms with Gasteiger partial charge in [-0.3, -0.25) is 9.59 Å². The van der Waals surface area contributed by atoms with Gasteiger partial charge >= 0.3 is 5.97 Å². The van der Waals surface area contributed by atoms with Crippen molar-refractivity contribution in [2.75, 3.05) is 6.54 Å². The molecular weight excluding hydrogens is 262 g/mol. The lowest BCUT2D eigenvalue weighted by Gasteiger charge is -2.29. The molecule has 1 aliphatic heterocycles. The molecule has 0 aromatic rings. The summed E-state index contributed by atoms with van der Waals surface area (Å²) in [5.74, 6) is -2.02. The normalized spacial score (nSPS) is 23.2. The maximum atomic E-state index is 12.4. The summed E-state index contributed by atoms with van der Waals surface area (Å²) in [4.78, 5) is 34.2. The lowest BCUT2D eigenvalue weighted by molar-refractivity contribution is -0.143. The van der Waals surface area contributed by atoms with Crippen molar-refractivity contribution in [3.63, 3.8) is 0 Å². The number of carbonyl (C=O) groups is 3. The number of amides is 2. The van der Waals surface area contributed by atoms with Crippen molar-refractivity contribution < 1.29 is 19.5 Å². The van der Waals surface area contributed by atoms with Gasteiger partial charge < -0.3 is 21.5 Å². The average Bonchev–Trinajstić information content (AvgIpc) is 2.83. The van der Waals surface area contributed by atoms with Gasteiger partial charge in [0.05, 0.1) is 5.54 Å². The number of hydrogen-bond acceptors (Lipinski definition) is 4. The molecule has 0 bridgehead atoms. The number of nitrogens with two attached hydrogens (primary N) is 1. The molecule has 1 saturated heterocycles. The molecule has 114 valence electrons. The van der Waals surface area contributed by atoms with Gasteiger partial charge in [0.2, 0.25) is 11.8 Å². The van der Waals surface area contributed by atoms with E-state index in [-0.39, 0.29) is 18.7 Å². The number of hydrogen-bond donors (Lipinski definition) is 4. The summed E-state index contributed by atoms with van der Waals surface area (Å²) in [6.07, 6.45) is 3.05. The third-order valence-corrected chi connectivity index (χ3v) is 3.64. The Kier molecular flexibility index (Phi) is 5.94. The van der Waals surface area contributed by atoms with Crippen LogP contribution >= 0.6 is 0 Å². The maximum absolute atomic E-state index is 12.4. The maximum Gasteiger partial charge on any atom is 0.326 e. The number of aliphatic carboxylic acids is 1. The second kappa shape index (κ2) is 7.23. The molecule has 2 atom stereocenters. The van der Waals surface area contributed by atoms with Crippen molar-refractivity contribution in [2.24, 2.45) is 5.73 Å². The van der Waals surface area contributed by atoms with Gasteiger partial charge in [0.25, 0.3) is 0 Å². The highest BCUT2D eigenvalue weighted by Gasteiger charge is 2.41. The minimum Gasteiger partial charge on any atom is -0.480 e. The number of nitrogens with one attached hydrogen (secondary N) is 2. The standard InChI is InChI=1S/C13H23N3O4/c1-2-6-13(7-3-8-15-13)12(20)16-9(11(18)19)4-5-10(14)17/h9,15H,2-8H2,1H3,(H2,14,17)(H,16,20)(H,18,19)/t9-,13?/m1/s1. The van der Waals surface area contributed by atoms with Crippen molar-refractivity contribution in [1.82, 2.24) is 10.6 Å². The molecule has 0 aliphatic carbocycles. The van der Waals surface area contributed by atoms with Crippen LogP contribution in [0.5, 0.6) is 0 Å². The number of carbonyl (C=O) groups excluding carboxylic acids is 2. The van der Waals surface area contributed by atoms with E-state index in [4.69, 9.17) is 10.8 Å². The molecular formula is C13H23N3O4. The summed E-state index contributed by atoms with van der Waals surface area (Å²) in [7, 11) is 0. The zero-order valence-corrected chi connectivity index (χ0v) is 11.8. The van der Waals surface area contributed by atoms with Crippen molar-refractivity contribution in [3.8, 4) is 0 Å².